The molecule has 0 bridgehead atoms. The first kappa shape index (κ1) is 13.3. The number of benzene rings is 1. The number of hydrogen-bond donors (Lipinski definition) is 1. The maximum absolute atomic E-state index is 10.5. The highest BCUT2D eigenvalue weighted by Gasteiger charge is 2.25. The van der Waals surface area contributed by atoms with Gasteiger partial charge in [0.25, 0.3) is 0 Å². The average Bonchev–Trinajstić information content (AvgIpc) is 2.96. The summed E-state index contributed by atoms with van der Waals surface area (Å²) >= 11 is 0. The van der Waals surface area contributed by atoms with Gasteiger partial charge in [0, 0.05) is 12.0 Å². The standard InChI is InChI=1S/C17H20O3/c1-2-16-14(8-10-19-16)15(18)11-12-7-9-20-17-6-4-3-5-13(12)17/h3-6,8,10,12,15,18H,2,7,9,11H2,1H3. The number of aliphatic hydroxyl groups is 1. The molecule has 0 fully saturated rings. The molecule has 2 heterocycles. The number of aryl methyl sites for hydroxylation is 1. The molecular formula is C17H20O3. The van der Waals surface area contributed by atoms with Crippen LogP contribution < -0.4 is 4.74 Å². The molecule has 106 valence electrons. The second-order valence-corrected chi connectivity index (χ2v) is 5.28. The van der Waals surface area contributed by atoms with Gasteiger partial charge in [0.2, 0.25) is 0 Å². The van der Waals surface area contributed by atoms with Crippen molar-refractivity contribution in [2.75, 3.05) is 6.61 Å². The van der Waals surface area contributed by atoms with Gasteiger partial charge in [0.15, 0.2) is 0 Å². The second-order valence-electron chi connectivity index (χ2n) is 5.28. The lowest BCUT2D eigenvalue weighted by atomic mass is 9.86. The van der Waals surface area contributed by atoms with Gasteiger partial charge in [-0.05, 0) is 36.5 Å². The van der Waals surface area contributed by atoms with Crippen molar-refractivity contribution in [1.29, 1.82) is 0 Å². The summed E-state index contributed by atoms with van der Waals surface area (Å²) in [6.45, 7) is 2.76. The van der Waals surface area contributed by atoms with E-state index in [0.717, 1.165) is 36.5 Å². The van der Waals surface area contributed by atoms with Crippen LogP contribution in [-0.4, -0.2) is 11.7 Å². The van der Waals surface area contributed by atoms with Crippen LogP contribution in [0.1, 0.15) is 48.7 Å². The molecule has 0 radical (unpaired) electrons. The van der Waals surface area contributed by atoms with Crippen molar-refractivity contribution in [3.05, 3.63) is 53.5 Å². The van der Waals surface area contributed by atoms with Gasteiger partial charge in [-0.3, -0.25) is 0 Å². The minimum Gasteiger partial charge on any atom is -0.493 e. The molecule has 1 aromatic carbocycles. The number of hydrogen-bond acceptors (Lipinski definition) is 3. The third kappa shape index (κ3) is 2.46. The van der Waals surface area contributed by atoms with Gasteiger partial charge >= 0.3 is 0 Å². The maximum atomic E-state index is 10.5. The second kappa shape index (κ2) is 5.71. The van der Waals surface area contributed by atoms with Crippen molar-refractivity contribution in [1.82, 2.24) is 0 Å². The zero-order chi connectivity index (χ0) is 13.9. The fourth-order valence-corrected chi connectivity index (χ4v) is 2.99. The van der Waals surface area contributed by atoms with Crippen LogP contribution in [0.4, 0.5) is 0 Å². The number of para-hydroxylation sites is 1. The van der Waals surface area contributed by atoms with E-state index in [-0.39, 0.29) is 0 Å². The zero-order valence-corrected chi connectivity index (χ0v) is 11.7. The molecule has 2 aromatic rings. The van der Waals surface area contributed by atoms with Gasteiger partial charge in [0.05, 0.1) is 19.0 Å². The Balaban J connectivity index is 1.79. The van der Waals surface area contributed by atoms with Crippen LogP contribution in [0.2, 0.25) is 0 Å². The van der Waals surface area contributed by atoms with Crippen LogP contribution in [0.3, 0.4) is 0 Å². The van der Waals surface area contributed by atoms with E-state index < -0.39 is 6.10 Å². The molecular weight excluding hydrogens is 252 g/mol. The number of aliphatic hydroxyl groups excluding tert-OH is 1. The Labute approximate surface area is 119 Å². The highest BCUT2D eigenvalue weighted by atomic mass is 16.5. The first-order valence-electron chi connectivity index (χ1n) is 7.25. The van der Waals surface area contributed by atoms with E-state index in [4.69, 9.17) is 9.15 Å². The SMILES string of the molecule is CCc1occc1C(O)CC1CCOc2ccccc21. The van der Waals surface area contributed by atoms with Crippen LogP contribution in [0, 0.1) is 0 Å². The van der Waals surface area contributed by atoms with Crippen LogP contribution in [-0.2, 0) is 6.42 Å². The van der Waals surface area contributed by atoms with E-state index >= 15 is 0 Å². The Hall–Kier alpha value is -1.74. The van der Waals surface area contributed by atoms with Crippen LogP contribution in [0.25, 0.3) is 0 Å². The quantitative estimate of drug-likeness (QED) is 0.919. The summed E-state index contributed by atoms with van der Waals surface area (Å²) in [5, 5.41) is 10.5. The van der Waals surface area contributed by atoms with E-state index in [1.807, 2.05) is 31.2 Å². The molecule has 0 aliphatic carbocycles. The lowest BCUT2D eigenvalue weighted by Gasteiger charge is -2.27. The zero-order valence-electron chi connectivity index (χ0n) is 11.7. The summed E-state index contributed by atoms with van der Waals surface area (Å²) in [5.74, 6) is 2.19. The van der Waals surface area contributed by atoms with Gasteiger partial charge in [0.1, 0.15) is 11.5 Å². The van der Waals surface area contributed by atoms with E-state index in [9.17, 15) is 5.11 Å². The molecule has 3 heteroatoms. The average molecular weight is 272 g/mol. The van der Waals surface area contributed by atoms with Crippen LogP contribution in [0.5, 0.6) is 5.75 Å². The van der Waals surface area contributed by atoms with Gasteiger partial charge in [-0.1, -0.05) is 25.1 Å². The van der Waals surface area contributed by atoms with Crippen molar-refractivity contribution in [3.63, 3.8) is 0 Å². The Morgan fingerprint density at radius 2 is 2.15 bits per heavy atom. The van der Waals surface area contributed by atoms with Gasteiger partial charge in [-0.2, -0.15) is 0 Å². The summed E-state index contributed by atoms with van der Waals surface area (Å²) in [4.78, 5) is 0. The molecule has 0 spiro atoms. The van der Waals surface area contributed by atoms with E-state index in [1.165, 1.54) is 5.56 Å². The third-order valence-corrected chi connectivity index (χ3v) is 4.05. The summed E-state index contributed by atoms with van der Waals surface area (Å²) < 4.78 is 11.1. The van der Waals surface area contributed by atoms with Crippen molar-refractivity contribution < 1.29 is 14.3 Å². The third-order valence-electron chi connectivity index (χ3n) is 4.05. The number of rotatable bonds is 4. The van der Waals surface area contributed by atoms with Crippen molar-refractivity contribution in [3.8, 4) is 5.75 Å². The molecule has 20 heavy (non-hydrogen) atoms. The highest BCUT2D eigenvalue weighted by molar-refractivity contribution is 5.38. The van der Waals surface area contributed by atoms with Gasteiger partial charge < -0.3 is 14.3 Å². The summed E-state index contributed by atoms with van der Waals surface area (Å²) in [7, 11) is 0. The number of ether oxygens (including phenoxy) is 1. The minimum absolute atomic E-state index is 0.342. The lowest BCUT2D eigenvalue weighted by molar-refractivity contribution is 0.143. The Kier molecular flexibility index (Phi) is 3.79. The first-order valence-corrected chi connectivity index (χ1v) is 7.25. The minimum atomic E-state index is -0.472. The van der Waals surface area contributed by atoms with Crippen LogP contribution in [0.15, 0.2) is 41.0 Å². The molecule has 3 nitrogen and oxygen atoms in total. The summed E-state index contributed by atoms with van der Waals surface area (Å²) in [6, 6.07) is 10.0. The molecule has 1 aliphatic heterocycles. The first-order chi connectivity index (χ1) is 9.79. The topological polar surface area (TPSA) is 42.6 Å². The predicted octanol–water partition coefficient (Wildman–Crippen LogP) is 3.83. The molecule has 2 atom stereocenters. The van der Waals surface area contributed by atoms with E-state index in [2.05, 4.69) is 6.07 Å². The van der Waals surface area contributed by atoms with Crippen molar-refractivity contribution in [2.24, 2.45) is 0 Å². The maximum Gasteiger partial charge on any atom is 0.122 e. The van der Waals surface area contributed by atoms with Gasteiger partial charge in [-0.25, -0.2) is 0 Å². The summed E-state index contributed by atoms with van der Waals surface area (Å²) in [5.41, 5.74) is 2.14. The normalized spacial score (nSPS) is 19.2. The predicted molar refractivity (Wildman–Crippen MR) is 77.0 cm³/mol. The molecule has 1 N–H and O–H groups in total. The number of furan rings is 1. The Morgan fingerprint density at radius 1 is 1.30 bits per heavy atom. The molecule has 1 aliphatic rings. The fourth-order valence-electron chi connectivity index (χ4n) is 2.99. The molecule has 0 saturated heterocycles. The molecule has 0 saturated carbocycles. The monoisotopic (exact) mass is 272 g/mol. The lowest BCUT2D eigenvalue weighted by Crippen LogP contribution is -2.16. The van der Waals surface area contributed by atoms with E-state index in [0.29, 0.717) is 12.3 Å². The van der Waals surface area contributed by atoms with Crippen molar-refractivity contribution >= 4 is 0 Å². The molecule has 2 unspecified atom stereocenters. The summed E-state index contributed by atoms with van der Waals surface area (Å²) in [6.07, 6.45) is 3.67. The largest absolute Gasteiger partial charge is 0.493 e. The molecule has 1 aromatic heterocycles. The Morgan fingerprint density at radius 3 is 3.00 bits per heavy atom. The highest BCUT2D eigenvalue weighted by Crippen LogP contribution is 2.39. The Bertz CT molecular complexity index is 573. The fraction of sp³-hybridized carbons (Fsp3) is 0.412. The van der Waals surface area contributed by atoms with Gasteiger partial charge in [-0.15, -0.1) is 0 Å². The van der Waals surface area contributed by atoms with Crippen molar-refractivity contribution in [2.45, 2.75) is 38.2 Å². The van der Waals surface area contributed by atoms with E-state index in [1.54, 1.807) is 6.26 Å². The van der Waals surface area contributed by atoms with Crippen LogP contribution >= 0.6 is 0 Å². The number of fused-ring (bicyclic) bond motifs is 1. The molecule has 3 rings (SSSR count). The smallest absolute Gasteiger partial charge is 0.122 e. The molecule has 0 amide bonds.